The van der Waals surface area contributed by atoms with Crippen molar-refractivity contribution >= 4 is 81.1 Å². The van der Waals surface area contributed by atoms with Crippen LogP contribution in [-0.2, 0) is 52.2 Å². The van der Waals surface area contributed by atoms with Crippen molar-refractivity contribution in [1.29, 1.82) is 0 Å². The van der Waals surface area contributed by atoms with Crippen LogP contribution in [0.1, 0.15) is 75.9 Å². The van der Waals surface area contributed by atoms with Gasteiger partial charge in [-0.1, -0.05) is 120 Å². The van der Waals surface area contributed by atoms with Gasteiger partial charge in [-0.3, -0.25) is 14.5 Å². The molecule has 2 atom stereocenters. The largest absolute Gasteiger partial charge is 0.497 e. The molecule has 2 aromatic heterocycles. The van der Waals surface area contributed by atoms with E-state index in [1.807, 2.05) is 102 Å². The molecule has 0 radical (unpaired) electrons. The number of thiazole rings is 1. The maximum atomic E-state index is 14.8. The number of hydrogen-bond acceptors (Lipinski definition) is 17. The van der Waals surface area contributed by atoms with Crippen molar-refractivity contribution in [3.63, 3.8) is 0 Å². The molecule has 390 valence electrons. The zero-order valence-corrected chi connectivity index (χ0v) is 45.1. The second-order valence-electron chi connectivity index (χ2n) is 19.1. The lowest BCUT2D eigenvalue weighted by Crippen LogP contribution is -2.71. The van der Waals surface area contributed by atoms with Gasteiger partial charge in [-0.25, -0.2) is 19.1 Å². The monoisotopic (exact) mass is 1070 g/mol. The van der Waals surface area contributed by atoms with Crippen molar-refractivity contribution in [1.82, 2.24) is 20.2 Å². The molecule has 20 heteroatoms. The number of carbonyl (C=O) groups is 4. The molecule has 1 saturated heterocycles. The lowest BCUT2D eigenvalue weighted by atomic mass is 9.77. The van der Waals surface area contributed by atoms with Crippen molar-refractivity contribution in [3.05, 3.63) is 166 Å². The average Bonchev–Trinajstić information content (AvgIpc) is 3.88. The number of fused-ring (bicyclic) bond motifs is 1. The summed E-state index contributed by atoms with van der Waals surface area (Å²) in [6.45, 7) is 10.7. The summed E-state index contributed by atoms with van der Waals surface area (Å²) in [6, 6.07) is 37.5. The summed E-state index contributed by atoms with van der Waals surface area (Å²) in [5, 5.41) is 12.8. The highest BCUT2D eigenvalue weighted by atomic mass is 32.2. The minimum Gasteiger partial charge on any atom is -0.497 e. The number of nitrogens with zero attached hydrogens (tertiary/aromatic N) is 5. The van der Waals surface area contributed by atoms with Crippen molar-refractivity contribution in [3.8, 4) is 5.75 Å². The SMILES string of the molecule is CCC[n+]1c(N)cc(N)nc1SCC1=C(C(=O)OCc2ccc(OC)cc2)N2C(=O)C(NC(=O)/C(=N\OC(C)(C)C(=O)OC(C)(C)C)c3csc(NC(c4ccccc4)(c4ccccc4)c4ccccc4)n3)C2SC1. The lowest BCUT2D eigenvalue weighted by molar-refractivity contribution is -0.723. The molecule has 75 heavy (non-hydrogen) atoms. The van der Waals surface area contributed by atoms with Gasteiger partial charge in [0.25, 0.3) is 11.8 Å². The van der Waals surface area contributed by atoms with Crippen LogP contribution in [0.15, 0.2) is 148 Å². The van der Waals surface area contributed by atoms with E-state index in [1.54, 1.807) is 63.6 Å². The second-order valence-corrected chi connectivity index (χ2v) is 22.0. The van der Waals surface area contributed by atoms with Crippen LogP contribution >= 0.6 is 34.9 Å². The quantitative estimate of drug-likeness (QED) is 0.00835. The van der Waals surface area contributed by atoms with Crippen molar-refractivity contribution in [2.24, 2.45) is 5.16 Å². The molecule has 0 bridgehead atoms. The molecular weight excluding hydrogens is 1010 g/mol. The molecule has 0 saturated carbocycles. The predicted octanol–water partition coefficient (Wildman–Crippen LogP) is 7.84. The number of anilines is 3. The van der Waals surface area contributed by atoms with Crippen LogP contribution in [0.5, 0.6) is 5.75 Å². The van der Waals surface area contributed by atoms with Gasteiger partial charge in [-0.05, 0) is 92.8 Å². The summed E-state index contributed by atoms with van der Waals surface area (Å²) in [5.41, 5.74) is 13.0. The first-order chi connectivity index (χ1) is 35.9. The number of benzene rings is 4. The minimum atomic E-state index is -1.66. The number of aromatic nitrogens is 3. The summed E-state index contributed by atoms with van der Waals surface area (Å²) < 4.78 is 18.7. The highest BCUT2D eigenvalue weighted by Crippen LogP contribution is 2.43. The molecule has 2 aliphatic heterocycles. The lowest BCUT2D eigenvalue weighted by Gasteiger charge is -2.49. The Kier molecular flexibility index (Phi) is 16.5. The number of ether oxygens (including phenoxy) is 3. The maximum absolute atomic E-state index is 14.8. The van der Waals surface area contributed by atoms with Gasteiger partial charge >= 0.3 is 17.1 Å². The number of thioether (sulfide) groups is 2. The zero-order valence-electron chi connectivity index (χ0n) is 42.7. The average molecular weight is 1070 g/mol. The van der Waals surface area contributed by atoms with Gasteiger partial charge in [-0.15, -0.1) is 23.1 Å². The third-order valence-corrected chi connectivity index (χ3v) is 15.2. The fraction of sp³-hybridized carbons (Fsp3) is 0.309. The van der Waals surface area contributed by atoms with E-state index in [0.29, 0.717) is 45.3 Å². The molecule has 17 nitrogen and oxygen atoms in total. The first-order valence-electron chi connectivity index (χ1n) is 24.2. The van der Waals surface area contributed by atoms with E-state index in [2.05, 4.69) is 20.8 Å². The number of methoxy groups -OCH3 is 1. The van der Waals surface area contributed by atoms with Crippen LogP contribution in [0.3, 0.4) is 0 Å². The Bertz CT molecular complexity index is 3000. The zero-order chi connectivity index (χ0) is 53.5. The van der Waals surface area contributed by atoms with Crippen LogP contribution in [-0.4, -0.2) is 85.6 Å². The fourth-order valence-electron chi connectivity index (χ4n) is 8.37. The number of nitrogens with one attached hydrogen (secondary N) is 2. The standard InChI is InChI=1S/C55H59N9O8S3/c1-8-28-63-42(57)29-41(56)59-52(63)75-32-35-31-73-48-44(47(66)64(48)45(35)49(67)70-30-34-24-26-39(69-7)27-25-34)60-46(65)43(62-72-54(5,6)50(68)71-53(2,3)4)40-33-74-51(58-40)61-55(36-18-12-9-13-19-36,37-20-14-10-15-21-37)38-22-16-11-17-23-38/h9-27,29,33,44,48H,8,28,30-32H2,1-7H3,(H5,56,57,58,60,61,65)/p+1/b62-43-. The van der Waals surface area contributed by atoms with Gasteiger partial charge < -0.3 is 41.1 Å². The summed E-state index contributed by atoms with van der Waals surface area (Å²) in [5.74, 6) is -0.926. The fourth-order valence-corrected chi connectivity index (χ4v) is 11.7. The van der Waals surface area contributed by atoms with E-state index >= 15 is 0 Å². The summed E-state index contributed by atoms with van der Waals surface area (Å²) in [7, 11) is 1.56. The predicted molar refractivity (Wildman–Crippen MR) is 292 cm³/mol. The highest BCUT2D eigenvalue weighted by Gasteiger charge is 2.55. The molecule has 6 aromatic rings. The van der Waals surface area contributed by atoms with Gasteiger partial charge in [0.05, 0.1) is 19.7 Å². The van der Waals surface area contributed by atoms with Gasteiger partial charge in [0.2, 0.25) is 17.2 Å². The Balaban J connectivity index is 1.11. The normalized spacial score (nSPS) is 15.9. The minimum absolute atomic E-state index is 0.0689. The van der Waals surface area contributed by atoms with Crippen LogP contribution < -0.4 is 31.4 Å². The molecule has 2 amide bonds. The van der Waals surface area contributed by atoms with Gasteiger partial charge in [0.1, 0.15) is 46.3 Å². The number of nitrogen functional groups attached to an aromatic ring is 2. The molecule has 2 unspecified atom stereocenters. The van der Waals surface area contributed by atoms with Crippen LogP contribution in [0.25, 0.3) is 0 Å². The summed E-state index contributed by atoms with van der Waals surface area (Å²) in [4.78, 5) is 73.8. The molecule has 0 spiro atoms. The van der Waals surface area contributed by atoms with Gasteiger partial charge in [-0.2, -0.15) is 0 Å². The number of rotatable bonds is 20. The molecule has 0 aliphatic carbocycles. The topological polar surface area (TPSA) is 227 Å². The van der Waals surface area contributed by atoms with Crippen LogP contribution in [0, 0.1) is 0 Å². The van der Waals surface area contributed by atoms with Crippen LogP contribution in [0.2, 0.25) is 0 Å². The Morgan fingerprint density at radius 1 is 0.880 bits per heavy atom. The number of nitrogens with two attached hydrogens (primary N) is 2. The molecule has 4 heterocycles. The molecule has 1 fully saturated rings. The van der Waals surface area contributed by atoms with Crippen molar-refractivity contribution in [2.75, 3.05) is 35.4 Å². The van der Waals surface area contributed by atoms with Gasteiger partial charge in [0, 0.05) is 16.9 Å². The van der Waals surface area contributed by atoms with E-state index in [4.69, 9.17) is 35.5 Å². The summed E-state index contributed by atoms with van der Waals surface area (Å²) in [6.07, 6.45) is 0.782. The maximum Gasteiger partial charge on any atom is 0.355 e. The first kappa shape index (κ1) is 53.9. The number of carbonyl (C=O) groups excluding carboxylic acids is 4. The van der Waals surface area contributed by atoms with Crippen LogP contribution in [0.4, 0.5) is 16.8 Å². The third kappa shape index (κ3) is 12.1. The first-order valence-corrected chi connectivity index (χ1v) is 27.1. The number of hydrogen-bond donors (Lipinski definition) is 4. The number of esters is 2. The Morgan fingerprint density at radius 3 is 2.07 bits per heavy atom. The highest BCUT2D eigenvalue weighted by molar-refractivity contribution is 8.01. The van der Waals surface area contributed by atoms with Gasteiger partial charge in [0.15, 0.2) is 10.8 Å². The third-order valence-electron chi connectivity index (χ3n) is 12.1. The molecular formula is C55H60N9O8S3+. The van der Waals surface area contributed by atoms with Crippen molar-refractivity contribution in [2.45, 2.75) is 94.4 Å². The molecule has 8 rings (SSSR count). The van der Waals surface area contributed by atoms with E-state index in [1.165, 1.54) is 53.6 Å². The molecule has 4 aromatic carbocycles. The number of oxime groups is 1. The smallest absolute Gasteiger partial charge is 0.355 e. The second kappa shape index (κ2) is 23.0. The van der Waals surface area contributed by atoms with E-state index < -0.39 is 51.9 Å². The Morgan fingerprint density at radius 2 is 1.49 bits per heavy atom. The number of amides is 2. The van der Waals surface area contributed by atoms with E-state index in [-0.39, 0.29) is 35.3 Å². The Hall–Kier alpha value is -7.42. The summed E-state index contributed by atoms with van der Waals surface area (Å²) >= 11 is 3.94. The molecule has 6 N–H and O–H groups in total. The van der Waals surface area contributed by atoms with E-state index in [9.17, 15) is 19.2 Å². The van der Waals surface area contributed by atoms with E-state index in [0.717, 1.165) is 23.1 Å². The number of β-lactam (4-membered cyclic amide) rings is 1. The van der Waals surface area contributed by atoms with Crippen molar-refractivity contribution < 1.29 is 42.8 Å². The molecule has 2 aliphatic rings. The Labute approximate surface area is 448 Å².